The minimum atomic E-state index is -3.89. The maximum Gasteiger partial charge on any atom is 0.264 e. The van der Waals surface area contributed by atoms with Crippen molar-refractivity contribution < 1.29 is 17.9 Å². The highest BCUT2D eigenvalue weighted by molar-refractivity contribution is 7.92. The summed E-state index contributed by atoms with van der Waals surface area (Å²) in [4.78, 5) is 0.0695. The van der Waals surface area contributed by atoms with Crippen molar-refractivity contribution in [1.29, 1.82) is 0 Å². The van der Waals surface area contributed by atoms with E-state index in [4.69, 9.17) is 32.7 Å². The van der Waals surface area contributed by atoms with E-state index in [1.165, 1.54) is 22.5 Å². The fraction of sp³-hybridized carbons (Fsp3) is 0.143. The number of halogens is 2. The Balaban J connectivity index is 1.93. The van der Waals surface area contributed by atoms with Gasteiger partial charge in [0.15, 0.2) is 0 Å². The molecule has 0 aliphatic carbocycles. The summed E-state index contributed by atoms with van der Waals surface area (Å²) >= 11 is 12.0. The van der Waals surface area contributed by atoms with Crippen molar-refractivity contribution in [3.63, 3.8) is 0 Å². The van der Waals surface area contributed by atoms with Gasteiger partial charge >= 0.3 is 0 Å². The van der Waals surface area contributed by atoms with Gasteiger partial charge in [0.2, 0.25) is 0 Å². The molecule has 0 bridgehead atoms. The first-order valence-electron chi connectivity index (χ1n) is 8.69. The van der Waals surface area contributed by atoms with E-state index in [9.17, 15) is 8.42 Å². The number of rotatable bonds is 4. The highest BCUT2D eigenvalue weighted by Gasteiger charge is 2.33. The van der Waals surface area contributed by atoms with Gasteiger partial charge in [0.25, 0.3) is 10.0 Å². The molecule has 0 N–H and O–H groups in total. The molecular weight excluding hydrogens is 433 g/mol. The maximum atomic E-state index is 13.5. The molecule has 5 nitrogen and oxygen atoms in total. The van der Waals surface area contributed by atoms with Gasteiger partial charge < -0.3 is 9.47 Å². The molecule has 0 fully saturated rings. The van der Waals surface area contributed by atoms with Gasteiger partial charge in [-0.05, 0) is 35.9 Å². The molecule has 0 aromatic heterocycles. The van der Waals surface area contributed by atoms with Crippen LogP contribution in [-0.4, -0.2) is 22.6 Å². The molecule has 1 aliphatic heterocycles. The highest BCUT2D eigenvalue weighted by atomic mass is 35.5. The zero-order chi connectivity index (χ0) is 20.8. The second-order valence-corrected chi connectivity index (χ2v) is 9.15. The van der Waals surface area contributed by atoms with Crippen LogP contribution in [0.4, 0.5) is 5.69 Å². The van der Waals surface area contributed by atoms with E-state index in [-0.39, 0.29) is 16.5 Å². The quantitative estimate of drug-likeness (QED) is 0.535. The van der Waals surface area contributed by atoms with Gasteiger partial charge in [-0.15, -0.1) is 0 Å². The molecule has 0 amide bonds. The summed E-state index contributed by atoms with van der Waals surface area (Å²) in [5.74, 6) is 1.21. The summed E-state index contributed by atoms with van der Waals surface area (Å²) in [6, 6.07) is 15.2. The van der Waals surface area contributed by atoms with Crippen molar-refractivity contribution in [2.24, 2.45) is 0 Å². The normalized spacial score (nSPS) is 12.9. The van der Waals surface area contributed by atoms with Crippen LogP contribution in [0.25, 0.3) is 11.1 Å². The Morgan fingerprint density at radius 2 is 1.69 bits per heavy atom. The number of para-hydroxylation sites is 1. The minimum Gasteiger partial charge on any atom is -0.497 e. The molecule has 8 heteroatoms. The average Bonchev–Trinajstić information content (AvgIpc) is 2.73. The Morgan fingerprint density at radius 1 is 0.931 bits per heavy atom. The Labute approximate surface area is 179 Å². The van der Waals surface area contributed by atoms with E-state index in [0.717, 1.165) is 16.7 Å². The first kappa shape index (κ1) is 19.9. The van der Waals surface area contributed by atoms with Crippen LogP contribution in [0.2, 0.25) is 10.0 Å². The number of benzene rings is 3. The van der Waals surface area contributed by atoms with E-state index in [1.807, 2.05) is 18.2 Å². The largest absolute Gasteiger partial charge is 0.497 e. The van der Waals surface area contributed by atoms with Crippen LogP contribution in [0.1, 0.15) is 5.56 Å². The number of nitrogens with zero attached hydrogens (tertiary/aromatic N) is 1. The lowest BCUT2D eigenvalue weighted by molar-refractivity contribution is 0.394. The molecule has 0 saturated heterocycles. The summed E-state index contributed by atoms with van der Waals surface area (Å²) in [6.45, 7) is 0.127. The molecule has 0 radical (unpaired) electrons. The summed E-state index contributed by atoms with van der Waals surface area (Å²) in [5.41, 5.74) is 2.96. The van der Waals surface area contributed by atoms with Crippen LogP contribution in [0, 0.1) is 0 Å². The predicted molar refractivity (Wildman–Crippen MR) is 115 cm³/mol. The number of hydrogen-bond acceptors (Lipinski definition) is 4. The van der Waals surface area contributed by atoms with Gasteiger partial charge in [-0.2, -0.15) is 0 Å². The summed E-state index contributed by atoms with van der Waals surface area (Å²) in [7, 11) is -0.750. The minimum absolute atomic E-state index is 0.0695. The summed E-state index contributed by atoms with van der Waals surface area (Å²) in [6.07, 6.45) is 0. The maximum absolute atomic E-state index is 13.5. The van der Waals surface area contributed by atoms with Crippen LogP contribution in [-0.2, 0) is 16.6 Å². The van der Waals surface area contributed by atoms with Crippen molar-refractivity contribution in [1.82, 2.24) is 0 Å². The zero-order valence-electron chi connectivity index (χ0n) is 15.6. The van der Waals surface area contributed by atoms with Gasteiger partial charge in [0.1, 0.15) is 11.5 Å². The van der Waals surface area contributed by atoms with E-state index in [0.29, 0.717) is 22.2 Å². The lowest BCUT2D eigenvalue weighted by Crippen LogP contribution is -2.33. The molecule has 0 saturated carbocycles. The first-order chi connectivity index (χ1) is 13.9. The zero-order valence-corrected chi connectivity index (χ0v) is 18.0. The molecule has 4 rings (SSSR count). The molecule has 0 atom stereocenters. The van der Waals surface area contributed by atoms with Crippen LogP contribution >= 0.6 is 23.2 Å². The van der Waals surface area contributed by atoms with Crippen LogP contribution < -0.4 is 13.8 Å². The molecule has 150 valence electrons. The number of sulfonamides is 1. The third kappa shape index (κ3) is 3.31. The highest BCUT2D eigenvalue weighted by Crippen LogP contribution is 2.47. The molecule has 0 spiro atoms. The Hall–Kier alpha value is -2.41. The van der Waals surface area contributed by atoms with Crippen LogP contribution in [0.3, 0.4) is 0 Å². The second kappa shape index (κ2) is 7.44. The van der Waals surface area contributed by atoms with E-state index < -0.39 is 10.0 Å². The SMILES string of the molecule is COc1cc2c(c(OC)c1)-c1ccccc1N(S(=O)(=O)c1ccc(Cl)c(Cl)c1)C2. The number of anilines is 1. The number of ether oxygens (including phenoxy) is 2. The second-order valence-electron chi connectivity index (χ2n) is 6.47. The van der Waals surface area contributed by atoms with Gasteiger partial charge in [-0.25, -0.2) is 8.42 Å². The van der Waals surface area contributed by atoms with Crippen molar-refractivity contribution in [3.05, 3.63) is 70.2 Å². The van der Waals surface area contributed by atoms with Crippen LogP contribution in [0.15, 0.2) is 59.5 Å². The molecule has 0 unspecified atom stereocenters. The van der Waals surface area contributed by atoms with Gasteiger partial charge in [-0.1, -0.05) is 41.4 Å². The molecular formula is C21H17Cl2NO4S. The topological polar surface area (TPSA) is 55.8 Å². The number of hydrogen-bond donors (Lipinski definition) is 0. The average molecular weight is 450 g/mol. The van der Waals surface area contributed by atoms with Crippen molar-refractivity contribution in [3.8, 4) is 22.6 Å². The molecule has 3 aromatic rings. The summed E-state index contributed by atoms with van der Waals surface area (Å²) in [5, 5.41) is 0.478. The lowest BCUT2D eigenvalue weighted by Gasteiger charge is -2.33. The lowest BCUT2D eigenvalue weighted by atomic mass is 9.93. The Morgan fingerprint density at radius 3 is 2.38 bits per heavy atom. The number of fused-ring (bicyclic) bond motifs is 3. The van der Waals surface area contributed by atoms with E-state index in [2.05, 4.69) is 0 Å². The summed E-state index contributed by atoms with van der Waals surface area (Å²) < 4.78 is 39.3. The third-order valence-electron chi connectivity index (χ3n) is 4.85. The smallest absolute Gasteiger partial charge is 0.264 e. The Kier molecular flexibility index (Phi) is 5.11. The van der Waals surface area contributed by atoms with E-state index in [1.54, 1.807) is 32.4 Å². The number of methoxy groups -OCH3 is 2. The Bertz CT molecular complexity index is 1210. The monoisotopic (exact) mass is 449 g/mol. The standard InChI is InChI=1S/C21H17Cl2NO4S/c1-27-14-9-13-12-24(29(25,26)15-7-8-17(22)18(23)11-15)19-6-4-3-5-16(19)21(13)20(10-14)28-2/h3-11H,12H2,1-2H3. The van der Waals surface area contributed by atoms with Crippen LogP contribution in [0.5, 0.6) is 11.5 Å². The fourth-order valence-corrected chi connectivity index (χ4v) is 5.33. The fourth-order valence-electron chi connectivity index (χ4n) is 3.48. The molecule has 1 heterocycles. The predicted octanol–water partition coefficient (Wildman–Crippen LogP) is 5.39. The van der Waals surface area contributed by atoms with Crippen molar-refractivity contribution in [2.75, 3.05) is 18.5 Å². The first-order valence-corrected chi connectivity index (χ1v) is 10.9. The molecule has 1 aliphatic rings. The van der Waals surface area contributed by atoms with Crippen molar-refractivity contribution >= 4 is 38.9 Å². The van der Waals surface area contributed by atoms with Crippen molar-refractivity contribution in [2.45, 2.75) is 11.4 Å². The molecule has 29 heavy (non-hydrogen) atoms. The molecule has 3 aromatic carbocycles. The van der Waals surface area contributed by atoms with E-state index >= 15 is 0 Å². The van der Waals surface area contributed by atoms with Gasteiger partial charge in [0.05, 0.1) is 41.4 Å². The van der Waals surface area contributed by atoms with Gasteiger partial charge in [0, 0.05) is 17.2 Å². The van der Waals surface area contributed by atoms with Gasteiger partial charge in [-0.3, -0.25) is 4.31 Å². The third-order valence-corrected chi connectivity index (χ3v) is 7.34.